The van der Waals surface area contributed by atoms with Crippen molar-refractivity contribution in [2.75, 3.05) is 32.6 Å². The van der Waals surface area contributed by atoms with Crippen molar-refractivity contribution >= 4 is 7.92 Å². The van der Waals surface area contributed by atoms with Crippen molar-refractivity contribution in [1.82, 2.24) is 4.90 Å². The highest BCUT2D eigenvalue weighted by Gasteiger charge is 2.28. The zero-order valence-corrected chi connectivity index (χ0v) is 11.8. The molecule has 1 atom stereocenters. The second-order valence-corrected chi connectivity index (χ2v) is 9.20. The van der Waals surface area contributed by atoms with Crippen LogP contribution in [-0.4, -0.2) is 48.3 Å². The van der Waals surface area contributed by atoms with E-state index in [2.05, 4.69) is 39.5 Å². The summed E-state index contributed by atoms with van der Waals surface area (Å²) in [5.41, 5.74) is 0.822. The van der Waals surface area contributed by atoms with E-state index in [1.807, 2.05) is 0 Å². The second-order valence-electron chi connectivity index (χ2n) is 5.61. The number of hydrogen-bond donors (Lipinski definition) is 0. The maximum absolute atomic E-state index is 5.39. The Morgan fingerprint density at radius 3 is 2.13 bits per heavy atom. The Balaban J connectivity index is 2.50. The number of rotatable bonds is 3. The zero-order chi connectivity index (χ0) is 11.5. The van der Waals surface area contributed by atoms with Gasteiger partial charge in [-0.05, 0) is 10.8 Å². The van der Waals surface area contributed by atoms with Crippen LogP contribution in [0.15, 0.2) is 0 Å². The first-order valence-electron chi connectivity index (χ1n) is 5.98. The Kier molecular flexibility index (Phi) is 5.02. The van der Waals surface area contributed by atoms with Gasteiger partial charge in [0.2, 0.25) is 0 Å². The average molecular weight is 231 g/mol. The molecule has 0 spiro atoms. The van der Waals surface area contributed by atoms with Crippen molar-refractivity contribution in [3.05, 3.63) is 0 Å². The van der Waals surface area contributed by atoms with Gasteiger partial charge < -0.3 is 4.74 Å². The second kappa shape index (κ2) is 5.61. The molecule has 3 heteroatoms. The average Bonchev–Trinajstić information content (AvgIpc) is 2.13. The van der Waals surface area contributed by atoms with E-state index >= 15 is 0 Å². The lowest BCUT2D eigenvalue weighted by Crippen LogP contribution is -2.38. The van der Waals surface area contributed by atoms with Crippen LogP contribution >= 0.6 is 7.92 Å². The molecular weight excluding hydrogens is 205 g/mol. The summed E-state index contributed by atoms with van der Waals surface area (Å²) in [4.78, 5) is 2.58. The summed E-state index contributed by atoms with van der Waals surface area (Å²) in [6.45, 7) is 16.0. The monoisotopic (exact) mass is 231 g/mol. The van der Waals surface area contributed by atoms with Crippen LogP contribution in [0.2, 0.25) is 0 Å². The zero-order valence-electron chi connectivity index (χ0n) is 10.9. The van der Waals surface area contributed by atoms with E-state index < -0.39 is 0 Å². The number of ether oxygens (including phenoxy) is 1. The van der Waals surface area contributed by atoms with Crippen LogP contribution in [0.4, 0.5) is 0 Å². The molecule has 1 aliphatic heterocycles. The van der Waals surface area contributed by atoms with Crippen LogP contribution in [0.5, 0.6) is 0 Å². The Morgan fingerprint density at radius 1 is 1.20 bits per heavy atom. The van der Waals surface area contributed by atoms with Crippen LogP contribution in [0.25, 0.3) is 0 Å². The molecule has 0 aromatic carbocycles. The van der Waals surface area contributed by atoms with Crippen molar-refractivity contribution in [2.24, 2.45) is 0 Å². The minimum atomic E-state index is 0.0868. The van der Waals surface area contributed by atoms with Gasteiger partial charge in [0.25, 0.3) is 0 Å². The summed E-state index contributed by atoms with van der Waals surface area (Å²) >= 11 is 0. The third-order valence-corrected chi connectivity index (χ3v) is 6.62. The smallest absolute Gasteiger partial charge is 0.0594 e. The van der Waals surface area contributed by atoms with Crippen LogP contribution in [-0.2, 0) is 4.74 Å². The van der Waals surface area contributed by atoms with Crippen molar-refractivity contribution < 1.29 is 4.74 Å². The lowest BCUT2D eigenvalue weighted by atomic mass is 10.3. The molecule has 0 aromatic heterocycles. The van der Waals surface area contributed by atoms with Gasteiger partial charge in [-0.3, -0.25) is 4.90 Å². The first-order chi connectivity index (χ1) is 6.91. The molecule has 15 heavy (non-hydrogen) atoms. The fraction of sp³-hybridized carbons (Fsp3) is 1.00. The highest BCUT2D eigenvalue weighted by atomic mass is 31.1. The van der Waals surface area contributed by atoms with E-state index in [9.17, 15) is 0 Å². The summed E-state index contributed by atoms with van der Waals surface area (Å²) in [5, 5.41) is 0.474. The van der Waals surface area contributed by atoms with E-state index in [0.29, 0.717) is 5.16 Å². The van der Waals surface area contributed by atoms with Gasteiger partial charge in [-0.25, -0.2) is 0 Å². The normalized spacial score (nSPS) is 22.0. The molecule has 1 saturated heterocycles. The molecule has 0 aliphatic carbocycles. The minimum Gasteiger partial charge on any atom is -0.379 e. The van der Waals surface area contributed by atoms with Gasteiger partial charge in [-0.2, -0.15) is 0 Å². The molecule has 1 heterocycles. The molecule has 2 nitrogen and oxygen atoms in total. The van der Waals surface area contributed by atoms with E-state index in [0.717, 1.165) is 32.0 Å². The van der Waals surface area contributed by atoms with Crippen LogP contribution in [0.1, 0.15) is 34.6 Å². The molecule has 0 bridgehead atoms. The van der Waals surface area contributed by atoms with Crippen LogP contribution < -0.4 is 0 Å². The Hall–Kier alpha value is 0.350. The summed E-state index contributed by atoms with van der Waals surface area (Å²) in [6, 6.07) is 0. The van der Waals surface area contributed by atoms with Crippen molar-refractivity contribution in [2.45, 2.75) is 45.4 Å². The molecule has 1 unspecified atom stereocenters. The fourth-order valence-corrected chi connectivity index (χ4v) is 5.12. The molecule has 1 fully saturated rings. The van der Waals surface area contributed by atoms with E-state index in [4.69, 9.17) is 4.74 Å². The molecule has 90 valence electrons. The third-order valence-electron chi connectivity index (χ3n) is 2.94. The molecule has 0 N–H and O–H groups in total. The van der Waals surface area contributed by atoms with Crippen molar-refractivity contribution in [3.63, 3.8) is 0 Å². The third kappa shape index (κ3) is 4.38. The van der Waals surface area contributed by atoms with E-state index in [1.54, 1.807) is 0 Å². The maximum Gasteiger partial charge on any atom is 0.0594 e. The summed E-state index contributed by atoms with van der Waals surface area (Å²) < 4.78 is 5.39. The van der Waals surface area contributed by atoms with Gasteiger partial charge in [-0.15, -0.1) is 0 Å². The van der Waals surface area contributed by atoms with Crippen LogP contribution in [0, 0.1) is 0 Å². The topological polar surface area (TPSA) is 12.5 Å². The molecular formula is C12H26NOP. The van der Waals surface area contributed by atoms with Crippen molar-refractivity contribution in [3.8, 4) is 0 Å². The summed E-state index contributed by atoms with van der Waals surface area (Å²) in [6.07, 6.45) is 1.29. The van der Waals surface area contributed by atoms with Gasteiger partial charge in [-0.1, -0.05) is 42.5 Å². The maximum atomic E-state index is 5.39. The number of nitrogens with zero attached hydrogens (tertiary/aromatic N) is 1. The van der Waals surface area contributed by atoms with Gasteiger partial charge in [0.15, 0.2) is 0 Å². The Bertz CT molecular complexity index is 183. The minimum absolute atomic E-state index is 0.0868. The highest BCUT2D eigenvalue weighted by molar-refractivity contribution is 7.59. The highest BCUT2D eigenvalue weighted by Crippen LogP contribution is 2.53. The summed E-state index contributed by atoms with van der Waals surface area (Å²) in [5.74, 6) is 0. The predicted molar refractivity (Wildman–Crippen MR) is 69.1 cm³/mol. The lowest BCUT2D eigenvalue weighted by molar-refractivity contribution is 0.0465. The number of hydrogen-bond acceptors (Lipinski definition) is 2. The number of morpholine rings is 1. The van der Waals surface area contributed by atoms with E-state index in [-0.39, 0.29) is 7.92 Å². The van der Waals surface area contributed by atoms with Gasteiger partial charge in [0.05, 0.1) is 13.2 Å². The quantitative estimate of drug-likeness (QED) is 0.692. The fourth-order valence-electron chi connectivity index (χ4n) is 2.11. The van der Waals surface area contributed by atoms with Crippen LogP contribution in [0.3, 0.4) is 0 Å². The van der Waals surface area contributed by atoms with Gasteiger partial charge >= 0.3 is 0 Å². The molecule has 0 radical (unpaired) electrons. The Labute approximate surface area is 96.1 Å². The molecule has 0 saturated carbocycles. The first-order valence-corrected chi connectivity index (χ1v) is 7.57. The van der Waals surface area contributed by atoms with Gasteiger partial charge in [0.1, 0.15) is 0 Å². The van der Waals surface area contributed by atoms with E-state index in [1.165, 1.54) is 6.29 Å². The van der Waals surface area contributed by atoms with Crippen molar-refractivity contribution in [1.29, 1.82) is 0 Å². The molecule has 0 amide bonds. The van der Waals surface area contributed by atoms with Gasteiger partial charge in [0, 0.05) is 19.4 Å². The predicted octanol–water partition coefficient (Wildman–Crippen LogP) is 2.96. The Morgan fingerprint density at radius 2 is 1.73 bits per heavy atom. The lowest BCUT2D eigenvalue weighted by Gasteiger charge is -2.39. The molecule has 0 aromatic rings. The molecule has 1 aliphatic rings. The standard InChI is InChI=1S/C12H26NOP/c1-11(2)15(12(3,4)5)10-13-6-8-14-9-7-13/h11H,6-10H2,1-5H3. The largest absolute Gasteiger partial charge is 0.379 e. The SMILES string of the molecule is CC(C)P(CN1CCOCC1)C(C)(C)C. The first kappa shape index (κ1) is 13.4. The summed E-state index contributed by atoms with van der Waals surface area (Å²) in [7, 11) is 0.0868. The molecule has 1 rings (SSSR count).